The van der Waals surface area contributed by atoms with Crippen LogP contribution in [0.2, 0.25) is 0 Å². The Morgan fingerprint density at radius 3 is 2.56 bits per heavy atom. The lowest BCUT2D eigenvalue weighted by Gasteiger charge is -2.19. The van der Waals surface area contributed by atoms with Gasteiger partial charge in [0, 0.05) is 0 Å². The summed E-state index contributed by atoms with van der Waals surface area (Å²) in [6.07, 6.45) is 0. The summed E-state index contributed by atoms with van der Waals surface area (Å²) in [6, 6.07) is 6.93. The fourth-order valence-corrected chi connectivity index (χ4v) is 2.00. The number of rotatable bonds is 4. The maximum atomic E-state index is 11.7. The molecule has 0 spiro atoms. The average molecular weight is 270 g/mol. The maximum absolute atomic E-state index is 11.7. The van der Waals surface area contributed by atoms with Crippen molar-refractivity contribution in [1.82, 2.24) is 0 Å². The van der Waals surface area contributed by atoms with E-state index in [2.05, 4.69) is 4.72 Å². The number of nitrogens with one attached hydrogen (secondary N) is 1. The predicted octanol–water partition coefficient (Wildman–Crippen LogP) is 1.69. The number of carbonyl (C=O) groups is 1. The first-order valence-electron chi connectivity index (χ1n) is 5.49. The van der Waals surface area contributed by atoms with Crippen LogP contribution in [-0.2, 0) is 20.5 Å². The first-order valence-corrected chi connectivity index (χ1v) is 6.81. The summed E-state index contributed by atoms with van der Waals surface area (Å²) >= 11 is 0. The molecule has 5 nitrogen and oxygen atoms in total. The first kappa shape index (κ1) is 14.5. The Morgan fingerprint density at radius 2 is 2.00 bits per heavy atom. The second-order valence-electron chi connectivity index (χ2n) is 4.77. The van der Waals surface area contributed by atoms with E-state index in [1.165, 1.54) is 0 Å². The molecule has 0 amide bonds. The van der Waals surface area contributed by atoms with Gasteiger partial charge in [-0.2, -0.15) is 0 Å². The van der Waals surface area contributed by atoms with Gasteiger partial charge in [-0.3, -0.25) is 4.79 Å². The normalized spacial score (nSPS) is 12.8. The number of hydrogen-bond donors (Lipinski definition) is 2. The van der Waals surface area contributed by atoms with Crippen molar-refractivity contribution in [2.24, 2.45) is 0 Å². The van der Waals surface area contributed by atoms with Crippen molar-refractivity contribution in [1.29, 1.82) is 0 Å². The third kappa shape index (κ3) is 5.18. The molecule has 100 valence electrons. The zero-order valence-electron chi connectivity index (χ0n) is 10.7. The van der Waals surface area contributed by atoms with Crippen molar-refractivity contribution in [3.63, 3.8) is 0 Å². The Morgan fingerprint density at radius 1 is 1.39 bits per heavy atom. The van der Waals surface area contributed by atoms with Crippen LogP contribution in [0.25, 0.3) is 0 Å². The highest BCUT2D eigenvalue weighted by Gasteiger charge is 2.18. The van der Waals surface area contributed by atoms with E-state index in [0.29, 0.717) is 11.4 Å². The van der Waals surface area contributed by atoms with Gasteiger partial charge in [0.25, 0.3) is 0 Å². The number of carbonyl (C=O) groups excluding carboxylic acids is 1. The van der Waals surface area contributed by atoms with Gasteiger partial charge in [-0.25, -0.2) is 4.21 Å². The monoisotopic (exact) mass is 270 g/mol. The van der Waals surface area contributed by atoms with Crippen LogP contribution in [0.15, 0.2) is 24.3 Å². The Balaban J connectivity index is 2.53. The molecule has 6 heteroatoms. The predicted molar refractivity (Wildman–Crippen MR) is 73.3 cm³/mol. The molecular weight excluding hydrogens is 252 g/mol. The third-order valence-corrected chi connectivity index (χ3v) is 2.80. The quantitative estimate of drug-likeness (QED) is 0.644. The fourth-order valence-electron chi connectivity index (χ4n) is 1.23. The Kier molecular flexibility index (Phi) is 4.72. The molecule has 1 atom stereocenters. The van der Waals surface area contributed by atoms with Gasteiger partial charge in [0.1, 0.15) is 22.3 Å². The molecule has 1 aromatic rings. The van der Waals surface area contributed by atoms with Crippen molar-refractivity contribution in [2.75, 3.05) is 16.2 Å². The van der Waals surface area contributed by atoms with E-state index in [1.54, 1.807) is 45.0 Å². The van der Waals surface area contributed by atoms with Gasteiger partial charge in [-0.1, -0.05) is 12.1 Å². The number of para-hydroxylation sites is 2. The number of ether oxygens (including phenoxy) is 1. The van der Waals surface area contributed by atoms with Crippen molar-refractivity contribution in [3.05, 3.63) is 24.3 Å². The van der Waals surface area contributed by atoms with Gasteiger partial charge in [0.05, 0.1) is 11.4 Å². The van der Waals surface area contributed by atoms with E-state index in [-0.39, 0.29) is 5.75 Å². The van der Waals surface area contributed by atoms with E-state index in [0.717, 1.165) is 0 Å². The highest BCUT2D eigenvalue weighted by atomic mass is 32.2. The van der Waals surface area contributed by atoms with Crippen molar-refractivity contribution >= 4 is 28.3 Å². The second-order valence-corrected chi connectivity index (χ2v) is 5.95. The van der Waals surface area contributed by atoms with Gasteiger partial charge in [0.15, 0.2) is 0 Å². The van der Waals surface area contributed by atoms with Crippen molar-refractivity contribution in [2.45, 2.75) is 26.4 Å². The van der Waals surface area contributed by atoms with Crippen LogP contribution in [0.1, 0.15) is 20.8 Å². The molecular formula is C12H18N2O3S. The molecule has 0 heterocycles. The minimum Gasteiger partial charge on any atom is -0.459 e. The van der Waals surface area contributed by atoms with Gasteiger partial charge < -0.3 is 15.2 Å². The van der Waals surface area contributed by atoms with Crippen LogP contribution in [0.3, 0.4) is 0 Å². The van der Waals surface area contributed by atoms with E-state index in [1.807, 2.05) is 0 Å². The molecule has 3 N–H and O–H groups in total. The number of nitrogen functional groups attached to an aromatic ring is 1. The van der Waals surface area contributed by atoms with Crippen LogP contribution in [0.4, 0.5) is 11.4 Å². The number of benzene rings is 1. The topological polar surface area (TPSA) is 81.4 Å². The van der Waals surface area contributed by atoms with E-state index in [4.69, 9.17) is 10.5 Å². The van der Waals surface area contributed by atoms with Crippen LogP contribution in [0.5, 0.6) is 0 Å². The molecule has 1 rings (SSSR count). The number of anilines is 2. The Bertz CT molecular complexity index is 455. The molecule has 18 heavy (non-hydrogen) atoms. The lowest BCUT2D eigenvalue weighted by Crippen LogP contribution is -2.28. The van der Waals surface area contributed by atoms with E-state index < -0.39 is 22.6 Å². The summed E-state index contributed by atoms with van der Waals surface area (Å²) in [6.45, 7) is 5.28. The molecule has 1 unspecified atom stereocenters. The summed E-state index contributed by atoms with van der Waals surface area (Å²) in [7, 11) is -1.55. The molecule has 0 aliphatic heterocycles. The number of hydrogen-bond acceptors (Lipinski definition) is 4. The highest BCUT2D eigenvalue weighted by molar-refractivity contribution is 7.87. The second kappa shape index (κ2) is 5.86. The Hall–Kier alpha value is -1.56. The molecule has 0 aliphatic rings. The highest BCUT2D eigenvalue weighted by Crippen LogP contribution is 2.17. The Labute approximate surface area is 109 Å². The van der Waals surface area contributed by atoms with Gasteiger partial charge in [0.2, 0.25) is 0 Å². The minimum atomic E-state index is -1.55. The molecule has 0 fully saturated rings. The SMILES string of the molecule is CC(C)(C)OC(=O)CS(=O)Nc1ccccc1N. The molecule has 1 aromatic carbocycles. The summed E-state index contributed by atoms with van der Waals surface area (Å²) in [5.41, 5.74) is 6.13. The van der Waals surface area contributed by atoms with Crippen molar-refractivity contribution in [3.8, 4) is 0 Å². The summed E-state index contributed by atoms with van der Waals surface area (Å²) in [4.78, 5) is 11.5. The summed E-state index contributed by atoms with van der Waals surface area (Å²) in [5, 5.41) is 0. The number of nitrogens with two attached hydrogens (primary N) is 1. The van der Waals surface area contributed by atoms with Crippen LogP contribution >= 0.6 is 0 Å². The largest absolute Gasteiger partial charge is 0.459 e. The zero-order valence-corrected chi connectivity index (χ0v) is 11.5. The molecule has 0 bridgehead atoms. The van der Waals surface area contributed by atoms with Crippen LogP contribution in [-0.4, -0.2) is 21.5 Å². The van der Waals surface area contributed by atoms with Crippen LogP contribution in [0, 0.1) is 0 Å². The van der Waals surface area contributed by atoms with E-state index in [9.17, 15) is 9.00 Å². The fraction of sp³-hybridized carbons (Fsp3) is 0.417. The average Bonchev–Trinajstić information content (AvgIpc) is 2.18. The van der Waals surface area contributed by atoms with Crippen molar-refractivity contribution < 1.29 is 13.7 Å². The maximum Gasteiger partial charge on any atom is 0.320 e. The molecule has 0 saturated carbocycles. The molecule has 0 radical (unpaired) electrons. The van der Waals surface area contributed by atoms with Gasteiger partial charge in [-0.05, 0) is 32.9 Å². The molecule has 0 aliphatic carbocycles. The first-order chi connectivity index (χ1) is 8.28. The lowest BCUT2D eigenvalue weighted by molar-refractivity contribution is -0.151. The minimum absolute atomic E-state index is 0.217. The lowest BCUT2D eigenvalue weighted by atomic mass is 10.2. The van der Waals surface area contributed by atoms with Crippen LogP contribution < -0.4 is 10.5 Å². The third-order valence-electron chi connectivity index (χ3n) is 1.85. The smallest absolute Gasteiger partial charge is 0.320 e. The molecule has 0 saturated heterocycles. The van der Waals surface area contributed by atoms with Gasteiger partial charge in [-0.15, -0.1) is 0 Å². The summed E-state index contributed by atoms with van der Waals surface area (Å²) in [5.74, 6) is -0.728. The zero-order chi connectivity index (χ0) is 13.8. The summed E-state index contributed by atoms with van der Waals surface area (Å²) < 4.78 is 19.5. The van der Waals surface area contributed by atoms with Gasteiger partial charge >= 0.3 is 5.97 Å². The number of esters is 1. The molecule has 0 aromatic heterocycles. The standard InChI is InChI=1S/C12H18N2O3S/c1-12(2,3)17-11(15)8-18(16)14-10-7-5-4-6-9(10)13/h4-7,14H,8,13H2,1-3H3. The van der Waals surface area contributed by atoms with E-state index >= 15 is 0 Å².